The van der Waals surface area contributed by atoms with E-state index in [1.54, 1.807) is 0 Å². The molecule has 0 spiro atoms. The molecule has 0 atom stereocenters. The number of fused-ring (bicyclic) bond motifs is 1. The molecule has 0 aliphatic heterocycles. The lowest BCUT2D eigenvalue weighted by Crippen LogP contribution is -2.11. The third-order valence-corrected chi connectivity index (χ3v) is 2.89. The van der Waals surface area contributed by atoms with E-state index in [0.717, 1.165) is 28.6 Å². The molecule has 82 valence electrons. The van der Waals surface area contributed by atoms with Crippen molar-refractivity contribution in [2.75, 3.05) is 0 Å². The Hall–Kier alpha value is -1.48. The second-order valence-corrected chi connectivity index (χ2v) is 4.32. The third kappa shape index (κ3) is 1.91. The fourth-order valence-corrected chi connectivity index (χ4v) is 2.00. The van der Waals surface area contributed by atoms with Crippen molar-refractivity contribution < 1.29 is 0 Å². The number of aryl methyl sites for hydroxylation is 2. The molecule has 0 amide bonds. The van der Waals surface area contributed by atoms with E-state index in [1.807, 2.05) is 19.1 Å². The van der Waals surface area contributed by atoms with Crippen LogP contribution in [0.1, 0.15) is 23.7 Å². The molecular weight excluding hydrogens is 216 g/mol. The van der Waals surface area contributed by atoms with E-state index in [-0.39, 0.29) is 0 Å². The standard InChI is InChI=1S/C13H14N2S/c1-3-9-4-5-12-10(7-9)11(13(14)16)6-8(2)15-12/h4-7H,3H2,1-2H3,(H2,14,16). The molecule has 2 aromatic rings. The fourth-order valence-electron chi connectivity index (χ4n) is 1.83. The van der Waals surface area contributed by atoms with E-state index in [0.29, 0.717) is 4.99 Å². The van der Waals surface area contributed by atoms with Gasteiger partial charge in [-0.2, -0.15) is 0 Å². The van der Waals surface area contributed by atoms with Gasteiger partial charge in [-0.05, 0) is 37.1 Å². The first-order chi connectivity index (χ1) is 7.61. The number of thiocarbonyl (C=S) groups is 1. The molecule has 2 nitrogen and oxygen atoms in total. The van der Waals surface area contributed by atoms with Crippen LogP contribution in [-0.2, 0) is 6.42 Å². The van der Waals surface area contributed by atoms with Crippen LogP contribution in [0, 0.1) is 6.92 Å². The number of nitrogens with two attached hydrogens (primary N) is 1. The van der Waals surface area contributed by atoms with Crippen LogP contribution < -0.4 is 5.73 Å². The summed E-state index contributed by atoms with van der Waals surface area (Å²) in [5.74, 6) is 0. The fraction of sp³-hybridized carbons (Fsp3) is 0.231. The van der Waals surface area contributed by atoms with Gasteiger partial charge in [0.1, 0.15) is 4.99 Å². The second-order valence-electron chi connectivity index (χ2n) is 3.88. The summed E-state index contributed by atoms with van der Waals surface area (Å²) in [5.41, 5.74) is 9.84. The molecule has 0 aliphatic rings. The van der Waals surface area contributed by atoms with Gasteiger partial charge in [0.2, 0.25) is 0 Å². The van der Waals surface area contributed by atoms with Crippen LogP contribution in [0.25, 0.3) is 10.9 Å². The molecule has 0 bridgehead atoms. The second kappa shape index (κ2) is 4.18. The lowest BCUT2D eigenvalue weighted by molar-refractivity contribution is 1.14. The minimum Gasteiger partial charge on any atom is -0.389 e. The van der Waals surface area contributed by atoms with Crippen LogP contribution in [-0.4, -0.2) is 9.97 Å². The topological polar surface area (TPSA) is 38.9 Å². The van der Waals surface area contributed by atoms with Gasteiger partial charge < -0.3 is 5.73 Å². The average molecular weight is 230 g/mol. The zero-order valence-corrected chi connectivity index (χ0v) is 10.3. The summed E-state index contributed by atoms with van der Waals surface area (Å²) >= 11 is 5.08. The molecule has 0 saturated carbocycles. The number of nitrogens with zero attached hydrogens (tertiary/aromatic N) is 1. The summed E-state index contributed by atoms with van der Waals surface area (Å²) in [5, 5.41) is 1.05. The highest BCUT2D eigenvalue weighted by atomic mass is 32.1. The van der Waals surface area contributed by atoms with Crippen LogP contribution in [0.4, 0.5) is 0 Å². The van der Waals surface area contributed by atoms with Crippen LogP contribution in [0.2, 0.25) is 0 Å². The molecule has 0 saturated heterocycles. The van der Waals surface area contributed by atoms with Crippen molar-refractivity contribution in [1.29, 1.82) is 0 Å². The number of pyridine rings is 1. The van der Waals surface area contributed by atoms with Gasteiger partial charge in [0.15, 0.2) is 0 Å². The maximum absolute atomic E-state index is 5.74. The summed E-state index contributed by atoms with van der Waals surface area (Å²) in [4.78, 5) is 4.91. The summed E-state index contributed by atoms with van der Waals surface area (Å²) in [6.07, 6.45) is 1.00. The summed E-state index contributed by atoms with van der Waals surface area (Å²) in [7, 11) is 0. The number of aromatic nitrogens is 1. The Bertz CT molecular complexity index is 561. The molecule has 0 radical (unpaired) electrons. The highest BCUT2D eigenvalue weighted by Crippen LogP contribution is 2.20. The Morgan fingerprint density at radius 3 is 2.75 bits per heavy atom. The molecule has 1 heterocycles. The van der Waals surface area contributed by atoms with Crippen LogP contribution in [0.5, 0.6) is 0 Å². The van der Waals surface area contributed by atoms with Crippen molar-refractivity contribution in [3.63, 3.8) is 0 Å². The van der Waals surface area contributed by atoms with E-state index in [9.17, 15) is 0 Å². The van der Waals surface area contributed by atoms with Crippen LogP contribution >= 0.6 is 12.2 Å². The molecule has 0 aliphatic carbocycles. The molecule has 1 aromatic carbocycles. The molecule has 2 rings (SSSR count). The Kier molecular flexibility index (Phi) is 2.88. The lowest BCUT2D eigenvalue weighted by atomic mass is 10.0. The molecule has 1 aromatic heterocycles. The Morgan fingerprint density at radius 2 is 2.12 bits per heavy atom. The molecule has 3 heteroatoms. The number of hydrogen-bond acceptors (Lipinski definition) is 2. The highest BCUT2D eigenvalue weighted by Gasteiger charge is 2.06. The lowest BCUT2D eigenvalue weighted by Gasteiger charge is -2.07. The maximum atomic E-state index is 5.74. The number of hydrogen-bond donors (Lipinski definition) is 1. The van der Waals surface area contributed by atoms with Gasteiger partial charge in [-0.15, -0.1) is 0 Å². The first-order valence-corrected chi connectivity index (χ1v) is 5.72. The minimum atomic E-state index is 0.434. The smallest absolute Gasteiger partial charge is 0.104 e. The van der Waals surface area contributed by atoms with Crippen molar-refractivity contribution in [3.8, 4) is 0 Å². The van der Waals surface area contributed by atoms with Gasteiger partial charge in [0.05, 0.1) is 5.52 Å². The number of benzene rings is 1. The molecule has 16 heavy (non-hydrogen) atoms. The first-order valence-electron chi connectivity index (χ1n) is 5.32. The van der Waals surface area contributed by atoms with Crippen LogP contribution in [0.15, 0.2) is 24.3 Å². The monoisotopic (exact) mass is 230 g/mol. The van der Waals surface area contributed by atoms with Crippen molar-refractivity contribution in [1.82, 2.24) is 4.98 Å². The average Bonchev–Trinajstić information content (AvgIpc) is 2.27. The first kappa shape index (κ1) is 11.0. The SMILES string of the molecule is CCc1ccc2nc(C)cc(C(N)=S)c2c1. The predicted octanol–water partition coefficient (Wildman–Crippen LogP) is 2.74. The highest BCUT2D eigenvalue weighted by molar-refractivity contribution is 7.80. The van der Waals surface area contributed by atoms with Gasteiger partial charge in [0, 0.05) is 16.6 Å². The van der Waals surface area contributed by atoms with Gasteiger partial charge in [-0.3, -0.25) is 4.98 Å². The Labute approximate surface area is 100 Å². The van der Waals surface area contributed by atoms with E-state index in [2.05, 4.69) is 24.0 Å². The quantitative estimate of drug-likeness (QED) is 0.806. The summed E-state index contributed by atoms with van der Waals surface area (Å²) < 4.78 is 0. The van der Waals surface area contributed by atoms with Gasteiger partial charge >= 0.3 is 0 Å². The van der Waals surface area contributed by atoms with Gasteiger partial charge in [-0.1, -0.05) is 25.2 Å². The normalized spacial score (nSPS) is 10.6. The van der Waals surface area contributed by atoms with Crippen molar-refractivity contribution in [2.24, 2.45) is 5.73 Å². The van der Waals surface area contributed by atoms with Crippen LogP contribution in [0.3, 0.4) is 0 Å². The van der Waals surface area contributed by atoms with Crippen molar-refractivity contribution >= 4 is 28.1 Å². The minimum absolute atomic E-state index is 0.434. The van der Waals surface area contributed by atoms with Crippen molar-refractivity contribution in [2.45, 2.75) is 20.3 Å². The van der Waals surface area contributed by atoms with E-state index in [4.69, 9.17) is 18.0 Å². The predicted molar refractivity (Wildman–Crippen MR) is 71.7 cm³/mol. The molecular formula is C13H14N2S. The zero-order chi connectivity index (χ0) is 11.7. The zero-order valence-electron chi connectivity index (χ0n) is 9.45. The Morgan fingerprint density at radius 1 is 1.38 bits per heavy atom. The number of rotatable bonds is 2. The largest absolute Gasteiger partial charge is 0.389 e. The summed E-state index contributed by atoms with van der Waals surface area (Å²) in [6, 6.07) is 8.20. The van der Waals surface area contributed by atoms with Gasteiger partial charge in [0.25, 0.3) is 0 Å². The maximum Gasteiger partial charge on any atom is 0.104 e. The van der Waals surface area contributed by atoms with Crippen molar-refractivity contribution in [3.05, 3.63) is 41.1 Å². The third-order valence-electron chi connectivity index (χ3n) is 2.67. The van der Waals surface area contributed by atoms with E-state index in [1.165, 1.54) is 5.56 Å². The van der Waals surface area contributed by atoms with E-state index >= 15 is 0 Å². The van der Waals surface area contributed by atoms with E-state index < -0.39 is 0 Å². The summed E-state index contributed by atoms with van der Waals surface area (Å²) in [6.45, 7) is 4.08. The van der Waals surface area contributed by atoms with Gasteiger partial charge in [-0.25, -0.2) is 0 Å². The molecule has 0 fully saturated rings. The molecule has 0 unspecified atom stereocenters. The Balaban J connectivity index is 2.80. The molecule has 2 N–H and O–H groups in total.